The van der Waals surface area contributed by atoms with Gasteiger partial charge in [-0.05, 0) is 111 Å². The summed E-state index contributed by atoms with van der Waals surface area (Å²) in [7, 11) is -4.02. The molecule has 0 N–H and O–H groups in total. The van der Waals surface area contributed by atoms with E-state index in [1.54, 1.807) is 23.0 Å². The molecule has 7 nitrogen and oxygen atoms in total. The molecule has 2 saturated carbocycles. The molecule has 7 rings (SSSR count). The Morgan fingerprint density at radius 3 is 2.34 bits per heavy atom. The van der Waals surface area contributed by atoms with Crippen LogP contribution in [0.15, 0.2) is 83.5 Å². The molecule has 2 atom stereocenters. The number of rotatable bonds is 8. The maximum absolute atomic E-state index is 14.4. The van der Waals surface area contributed by atoms with Gasteiger partial charge in [0, 0.05) is 24.8 Å². The molecule has 0 saturated heterocycles. The van der Waals surface area contributed by atoms with Crippen LogP contribution >= 0.6 is 0 Å². The van der Waals surface area contributed by atoms with Crippen molar-refractivity contribution in [1.82, 2.24) is 19.1 Å². The minimum absolute atomic E-state index is 0.000401. The second-order valence-corrected chi connectivity index (χ2v) is 13.8. The minimum atomic E-state index is -4.02. The van der Waals surface area contributed by atoms with E-state index in [9.17, 15) is 26.4 Å². The summed E-state index contributed by atoms with van der Waals surface area (Å²) >= 11 is 0. The van der Waals surface area contributed by atoms with E-state index in [4.69, 9.17) is 0 Å². The molecule has 2 heterocycles. The lowest BCUT2D eigenvalue weighted by Gasteiger charge is -2.46. The van der Waals surface area contributed by atoms with Crippen molar-refractivity contribution in [3.63, 3.8) is 0 Å². The zero-order valence-corrected chi connectivity index (χ0v) is 24.5. The van der Waals surface area contributed by atoms with Gasteiger partial charge < -0.3 is 0 Å². The van der Waals surface area contributed by atoms with Crippen molar-refractivity contribution in [2.45, 2.75) is 49.5 Å². The normalized spacial score (nSPS) is 21.5. The smallest absolute Gasteiger partial charge is 0.243 e. The number of carbonyl (C=O) groups is 1. The van der Waals surface area contributed by atoms with E-state index in [2.05, 4.69) is 10.1 Å². The second kappa shape index (κ2) is 10.8. The van der Waals surface area contributed by atoms with Crippen molar-refractivity contribution < 1.29 is 26.4 Å². The number of Topliss-reactive ketones (excluding diaryl/α,β-unsaturated/α-hetero) is 1. The van der Waals surface area contributed by atoms with Gasteiger partial charge in [0.25, 0.3) is 0 Å². The lowest BCUT2D eigenvalue weighted by molar-refractivity contribution is 0.0734. The summed E-state index contributed by atoms with van der Waals surface area (Å²) in [6, 6.07) is 12.5. The zero-order chi connectivity index (χ0) is 30.6. The van der Waals surface area contributed by atoms with Crippen molar-refractivity contribution in [2.24, 2.45) is 11.3 Å². The molecule has 0 unspecified atom stereocenters. The van der Waals surface area contributed by atoms with E-state index >= 15 is 0 Å². The average molecular weight is 619 g/mol. The highest BCUT2D eigenvalue weighted by molar-refractivity contribution is 7.89. The highest BCUT2D eigenvalue weighted by atomic mass is 32.2. The van der Waals surface area contributed by atoms with Crippen LogP contribution < -0.4 is 0 Å². The summed E-state index contributed by atoms with van der Waals surface area (Å²) < 4.78 is 73.0. The fourth-order valence-corrected chi connectivity index (χ4v) is 8.36. The Labute approximate surface area is 253 Å². The van der Waals surface area contributed by atoms with Gasteiger partial charge in [-0.2, -0.15) is 9.40 Å². The minimum Gasteiger partial charge on any atom is -0.291 e. The van der Waals surface area contributed by atoms with E-state index < -0.39 is 33.1 Å². The third-order valence-corrected chi connectivity index (χ3v) is 11.0. The van der Waals surface area contributed by atoms with E-state index in [-0.39, 0.29) is 40.9 Å². The Hall–Kier alpha value is -4.09. The van der Waals surface area contributed by atoms with Gasteiger partial charge in [-0.3, -0.25) is 9.78 Å². The number of pyridine rings is 1. The number of ketones is 1. The molecule has 44 heavy (non-hydrogen) atoms. The number of halogens is 3. The van der Waals surface area contributed by atoms with Crippen LogP contribution in [0.5, 0.6) is 0 Å². The number of fused-ring (bicyclic) bond motifs is 2. The lowest BCUT2D eigenvalue weighted by atomic mass is 9.60. The van der Waals surface area contributed by atoms with Gasteiger partial charge in [0.1, 0.15) is 23.1 Å². The first-order valence-corrected chi connectivity index (χ1v) is 16.1. The third-order valence-electron chi connectivity index (χ3n) is 9.06. The molecule has 11 heteroatoms. The predicted molar refractivity (Wildman–Crippen MR) is 157 cm³/mol. The van der Waals surface area contributed by atoms with Crippen LogP contribution in [-0.2, 0) is 16.4 Å². The Morgan fingerprint density at radius 1 is 0.955 bits per heavy atom. The largest absolute Gasteiger partial charge is 0.291 e. The molecule has 0 spiro atoms. The van der Waals surface area contributed by atoms with Gasteiger partial charge in [0.15, 0.2) is 5.78 Å². The molecule has 2 aromatic carbocycles. The Balaban J connectivity index is 1.31. The maximum Gasteiger partial charge on any atom is 0.243 e. The standard InChI is InChI=1S/C33H29F3N4O3S/c34-24-4-9-27(10-5-24)40-31-15-23-3-8-28(39(20-21-1-2-21)44(42,43)29-11-6-25(35)7-12-29)18-33(23,17-22(31)19-38-40)32(41)30-16-26(36)13-14-37-30/h4-7,9-16,19,21,28H,1-3,8,17-18,20H2/t28-,33-/m0/s1. The van der Waals surface area contributed by atoms with Gasteiger partial charge >= 0.3 is 0 Å². The Bertz CT molecular complexity index is 1890. The molecule has 0 radical (unpaired) electrons. The summed E-state index contributed by atoms with van der Waals surface area (Å²) in [4.78, 5) is 18.7. The van der Waals surface area contributed by atoms with Crippen LogP contribution in [-0.4, -0.2) is 45.9 Å². The lowest BCUT2D eigenvalue weighted by Crippen LogP contribution is -2.51. The molecular formula is C33H29F3N4O3S. The highest BCUT2D eigenvalue weighted by Gasteiger charge is 2.52. The van der Waals surface area contributed by atoms with Gasteiger partial charge in [0.2, 0.25) is 10.0 Å². The van der Waals surface area contributed by atoms with Gasteiger partial charge in [-0.1, -0.05) is 5.57 Å². The van der Waals surface area contributed by atoms with Crippen LogP contribution in [0.3, 0.4) is 0 Å². The fraction of sp³-hybridized carbons (Fsp3) is 0.303. The van der Waals surface area contributed by atoms with Crippen LogP contribution in [0.25, 0.3) is 11.8 Å². The monoisotopic (exact) mass is 618 g/mol. The van der Waals surface area contributed by atoms with Crippen molar-refractivity contribution in [3.8, 4) is 5.69 Å². The third kappa shape index (κ3) is 5.07. The van der Waals surface area contributed by atoms with Crippen molar-refractivity contribution >= 4 is 21.9 Å². The van der Waals surface area contributed by atoms with E-state index in [1.165, 1.54) is 40.8 Å². The zero-order valence-electron chi connectivity index (χ0n) is 23.7. The number of benzene rings is 2. The number of carbonyl (C=O) groups excluding carboxylic acids is 1. The van der Waals surface area contributed by atoms with Crippen molar-refractivity contribution in [2.75, 3.05) is 6.54 Å². The Kier molecular flexibility index (Phi) is 7.05. The fourth-order valence-electron chi connectivity index (χ4n) is 6.63. The number of sulfonamides is 1. The Morgan fingerprint density at radius 2 is 1.66 bits per heavy atom. The van der Waals surface area contributed by atoms with E-state index in [0.29, 0.717) is 25.1 Å². The number of allylic oxidation sites excluding steroid dienone is 1. The van der Waals surface area contributed by atoms with Gasteiger partial charge in [-0.25, -0.2) is 26.3 Å². The SMILES string of the molecule is O=C(c1cc(F)ccn1)[C@]12Cc3cnn(-c4ccc(F)cc4)c3C=C1CC[C@H](N(CC1CC1)S(=O)(=O)c1ccc(F)cc1)C2. The topological polar surface area (TPSA) is 85.2 Å². The highest BCUT2D eigenvalue weighted by Crippen LogP contribution is 2.52. The first-order chi connectivity index (χ1) is 21.1. The summed E-state index contributed by atoms with van der Waals surface area (Å²) in [5.74, 6) is -1.65. The summed E-state index contributed by atoms with van der Waals surface area (Å²) in [6.07, 6.45) is 7.93. The van der Waals surface area contributed by atoms with Crippen LogP contribution in [0, 0.1) is 28.8 Å². The molecule has 2 aromatic heterocycles. The molecule has 3 aliphatic rings. The van der Waals surface area contributed by atoms with Crippen LogP contribution in [0.4, 0.5) is 13.2 Å². The second-order valence-electron chi connectivity index (χ2n) is 11.9. The maximum atomic E-state index is 14.4. The van der Waals surface area contributed by atoms with E-state index in [0.717, 1.165) is 47.9 Å². The molecule has 4 aromatic rings. The first-order valence-electron chi connectivity index (χ1n) is 14.6. The molecule has 226 valence electrons. The molecular weight excluding hydrogens is 589 g/mol. The first kappa shape index (κ1) is 28.7. The van der Waals surface area contributed by atoms with Gasteiger partial charge in [-0.15, -0.1) is 0 Å². The molecule has 0 bridgehead atoms. The molecule has 0 amide bonds. The van der Waals surface area contributed by atoms with Gasteiger partial charge in [0.05, 0.1) is 27.9 Å². The molecule has 2 fully saturated rings. The number of nitrogens with zero attached hydrogens (tertiary/aromatic N) is 4. The quantitative estimate of drug-likeness (QED) is 0.221. The number of hydrogen-bond donors (Lipinski definition) is 0. The average Bonchev–Trinajstić information content (AvgIpc) is 3.76. The van der Waals surface area contributed by atoms with Crippen LogP contribution in [0.2, 0.25) is 0 Å². The predicted octanol–water partition coefficient (Wildman–Crippen LogP) is 6.15. The molecule has 0 aliphatic heterocycles. The number of hydrogen-bond acceptors (Lipinski definition) is 5. The number of aromatic nitrogens is 3. The molecule has 3 aliphatic carbocycles. The van der Waals surface area contributed by atoms with E-state index in [1.807, 2.05) is 6.08 Å². The summed E-state index contributed by atoms with van der Waals surface area (Å²) in [5.41, 5.74) is 1.76. The summed E-state index contributed by atoms with van der Waals surface area (Å²) in [6.45, 7) is 0.305. The van der Waals surface area contributed by atoms with Crippen molar-refractivity contribution in [3.05, 3.63) is 113 Å². The van der Waals surface area contributed by atoms with Crippen molar-refractivity contribution in [1.29, 1.82) is 0 Å². The summed E-state index contributed by atoms with van der Waals surface area (Å²) in [5, 5.41) is 4.55. The van der Waals surface area contributed by atoms with Crippen LogP contribution in [0.1, 0.15) is 53.8 Å².